The molecule has 0 aliphatic rings. The summed E-state index contributed by atoms with van der Waals surface area (Å²) in [6.07, 6.45) is 0. The summed E-state index contributed by atoms with van der Waals surface area (Å²) in [6.45, 7) is 14.0. The molecule has 0 unspecified atom stereocenters. The molecule has 1 aromatic rings. The third-order valence-electron chi connectivity index (χ3n) is 2.75. The molecule has 0 bridgehead atoms. The van der Waals surface area contributed by atoms with Gasteiger partial charge in [-0.1, -0.05) is 46.5 Å². The predicted octanol–water partition coefficient (Wildman–Crippen LogP) is -5.24. The Hall–Kier alpha value is 1.15. The van der Waals surface area contributed by atoms with E-state index in [1.54, 1.807) is 5.56 Å². The second-order valence-electron chi connectivity index (χ2n) is 5.34. The van der Waals surface area contributed by atoms with Crippen molar-refractivity contribution in [2.24, 2.45) is 0 Å². The fourth-order valence-corrected chi connectivity index (χ4v) is 3.28. The molecule has 0 saturated heterocycles. The molecule has 0 amide bonds. The van der Waals surface area contributed by atoms with Crippen LogP contribution in [0.2, 0.25) is 19.6 Å². The molecular formula is C12H21Cl3SiTi. The average molecular weight is 348 g/mol. The van der Waals surface area contributed by atoms with Crippen molar-refractivity contribution in [3.05, 3.63) is 28.3 Å². The normalized spacial score (nSPS) is 9.29. The molecule has 5 heteroatoms. The van der Waals surface area contributed by atoms with Crippen LogP contribution in [0.15, 0.2) is 6.07 Å². The Morgan fingerprint density at radius 3 is 1.71 bits per heavy atom. The van der Waals surface area contributed by atoms with Crippen LogP contribution in [0.25, 0.3) is 0 Å². The summed E-state index contributed by atoms with van der Waals surface area (Å²) < 4.78 is 0. The third kappa shape index (κ3) is 8.02. The summed E-state index contributed by atoms with van der Waals surface area (Å²) in [5, 5.41) is 0. The van der Waals surface area contributed by atoms with Crippen LogP contribution in [0.5, 0.6) is 0 Å². The average Bonchev–Trinajstić information content (AvgIpc) is 2.15. The van der Waals surface area contributed by atoms with Gasteiger partial charge in [0.25, 0.3) is 0 Å². The molecule has 0 aliphatic carbocycles. The standard InChI is InChI=1S/C12H21Si.3ClH.Ti/c1-9-7-12(8-13(4,5)6)11(3)10(9)2;;;;/h7H,8H2,1-6H3;3*1H;/q-1;;;;+4/p-3. The van der Waals surface area contributed by atoms with Gasteiger partial charge in [-0.25, -0.2) is 0 Å². The molecule has 1 aromatic carbocycles. The van der Waals surface area contributed by atoms with E-state index in [0.29, 0.717) is 0 Å². The van der Waals surface area contributed by atoms with Crippen LogP contribution in [0, 0.1) is 20.8 Å². The smallest absolute Gasteiger partial charge is 1.00 e. The number of hydrogen-bond acceptors (Lipinski definition) is 0. The Bertz CT molecular complexity index is 316. The van der Waals surface area contributed by atoms with E-state index in [4.69, 9.17) is 0 Å². The van der Waals surface area contributed by atoms with E-state index in [1.165, 1.54) is 22.7 Å². The van der Waals surface area contributed by atoms with Crippen molar-refractivity contribution in [1.29, 1.82) is 0 Å². The minimum atomic E-state index is -0.939. The minimum Gasteiger partial charge on any atom is -1.00 e. The van der Waals surface area contributed by atoms with Gasteiger partial charge in [0.2, 0.25) is 0 Å². The summed E-state index contributed by atoms with van der Waals surface area (Å²) >= 11 is 0. The van der Waals surface area contributed by atoms with Gasteiger partial charge in [0.1, 0.15) is 0 Å². The molecule has 0 saturated carbocycles. The first kappa shape index (κ1) is 26.7. The fourth-order valence-electron chi connectivity index (χ4n) is 1.77. The molecule has 17 heavy (non-hydrogen) atoms. The van der Waals surface area contributed by atoms with Gasteiger partial charge in [0, 0.05) is 8.07 Å². The van der Waals surface area contributed by atoms with E-state index in [1.807, 2.05) is 0 Å². The fraction of sp³-hybridized carbons (Fsp3) is 0.583. The van der Waals surface area contributed by atoms with Gasteiger partial charge in [0.05, 0.1) is 0 Å². The van der Waals surface area contributed by atoms with Gasteiger partial charge in [-0.05, 0) is 0 Å². The molecule has 0 heterocycles. The van der Waals surface area contributed by atoms with Crippen molar-refractivity contribution in [2.75, 3.05) is 0 Å². The molecule has 0 fully saturated rings. The van der Waals surface area contributed by atoms with Crippen molar-refractivity contribution < 1.29 is 58.9 Å². The molecule has 1 rings (SSSR count). The van der Waals surface area contributed by atoms with Crippen LogP contribution < -0.4 is 37.2 Å². The summed E-state index contributed by atoms with van der Waals surface area (Å²) in [7, 11) is -0.939. The molecule has 0 atom stereocenters. The molecule has 0 aliphatic heterocycles. The van der Waals surface area contributed by atoms with Gasteiger partial charge in [-0.2, -0.15) is 28.3 Å². The Kier molecular flexibility index (Phi) is 15.7. The second kappa shape index (κ2) is 10.0. The summed E-state index contributed by atoms with van der Waals surface area (Å²) in [4.78, 5) is 0. The number of hydrogen-bond donors (Lipinski definition) is 0. The summed E-state index contributed by atoms with van der Waals surface area (Å²) in [5.74, 6) is 0. The Balaban J connectivity index is -0.000000211. The van der Waals surface area contributed by atoms with Crippen LogP contribution in [-0.4, -0.2) is 8.07 Å². The van der Waals surface area contributed by atoms with Crippen LogP contribution in [-0.2, 0) is 27.8 Å². The third-order valence-corrected chi connectivity index (χ3v) is 4.19. The maximum atomic E-state index is 2.43. The number of halogens is 3. The molecule has 0 nitrogen and oxygen atoms in total. The van der Waals surface area contributed by atoms with E-state index < -0.39 is 8.07 Å². The van der Waals surface area contributed by atoms with E-state index >= 15 is 0 Å². The van der Waals surface area contributed by atoms with Gasteiger partial charge in [0.15, 0.2) is 0 Å². The maximum absolute atomic E-state index is 2.43. The summed E-state index contributed by atoms with van der Waals surface area (Å²) in [6, 6.07) is 3.70. The topological polar surface area (TPSA) is 0 Å². The first-order valence-electron chi connectivity index (χ1n) is 5.03. The second-order valence-corrected chi connectivity index (χ2v) is 10.8. The van der Waals surface area contributed by atoms with Crippen molar-refractivity contribution in [2.45, 2.75) is 46.5 Å². The SMILES string of the molecule is Cc1c(C[Si](C)(C)C)c[c-](C)c1C.[Cl-].[Cl-].[Cl-].[Ti+4]. The zero-order valence-electron chi connectivity index (χ0n) is 11.4. The van der Waals surface area contributed by atoms with Crippen molar-refractivity contribution in [1.82, 2.24) is 0 Å². The van der Waals surface area contributed by atoms with Crippen LogP contribution in [0.1, 0.15) is 22.3 Å². The molecular weight excluding hydrogens is 326 g/mol. The van der Waals surface area contributed by atoms with Crippen molar-refractivity contribution >= 4 is 8.07 Å². The van der Waals surface area contributed by atoms with Crippen molar-refractivity contribution in [3.63, 3.8) is 0 Å². The quantitative estimate of drug-likeness (QED) is 0.371. The van der Waals surface area contributed by atoms with Gasteiger partial charge in [-0.15, -0.1) is 0 Å². The Morgan fingerprint density at radius 1 is 1.06 bits per heavy atom. The van der Waals surface area contributed by atoms with E-state index in [9.17, 15) is 0 Å². The predicted molar refractivity (Wildman–Crippen MR) is 63.3 cm³/mol. The number of aryl methyl sites for hydroxylation is 1. The van der Waals surface area contributed by atoms with Gasteiger partial charge >= 0.3 is 21.7 Å². The first-order valence-corrected chi connectivity index (χ1v) is 8.74. The molecule has 0 aromatic heterocycles. The molecule has 0 spiro atoms. The monoisotopic (exact) mass is 346 g/mol. The first-order chi connectivity index (χ1) is 5.81. The van der Waals surface area contributed by atoms with Gasteiger partial charge < -0.3 is 37.2 Å². The van der Waals surface area contributed by atoms with E-state index in [2.05, 4.69) is 46.5 Å². The minimum absolute atomic E-state index is 0. The van der Waals surface area contributed by atoms with Crippen LogP contribution in [0.3, 0.4) is 0 Å². The zero-order chi connectivity index (χ0) is 10.2. The molecule has 0 radical (unpaired) electrons. The Morgan fingerprint density at radius 2 is 1.47 bits per heavy atom. The Labute approximate surface area is 141 Å². The zero-order valence-corrected chi connectivity index (χ0v) is 16.2. The largest absolute Gasteiger partial charge is 4.00 e. The number of rotatable bonds is 2. The van der Waals surface area contributed by atoms with Crippen LogP contribution in [0.4, 0.5) is 0 Å². The van der Waals surface area contributed by atoms with E-state index in [0.717, 1.165) is 0 Å². The van der Waals surface area contributed by atoms with Crippen LogP contribution >= 0.6 is 0 Å². The van der Waals surface area contributed by atoms with E-state index in [-0.39, 0.29) is 58.9 Å². The van der Waals surface area contributed by atoms with Crippen molar-refractivity contribution in [3.8, 4) is 0 Å². The molecule has 0 N–H and O–H groups in total. The molecule has 98 valence electrons. The van der Waals surface area contributed by atoms with Gasteiger partial charge in [-0.3, -0.25) is 0 Å². The maximum Gasteiger partial charge on any atom is 4.00 e. The summed E-state index contributed by atoms with van der Waals surface area (Å²) in [5.41, 5.74) is 6.08.